The molecule has 0 radical (unpaired) electrons. The third-order valence-electron chi connectivity index (χ3n) is 0.547. The van der Waals surface area contributed by atoms with E-state index in [2.05, 4.69) is 22.9 Å². The van der Waals surface area contributed by atoms with Crippen LogP contribution in [0.15, 0.2) is 35.1 Å². The van der Waals surface area contributed by atoms with E-state index in [1.807, 2.05) is 0 Å². The van der Waals surface area contributed by atoms with Gasteiger partial charge in [-0.3, -0.25) is 0 Å². The Morgan fingerprint density at radius 3 is 2.50 bits per heavy atom. The molecule has 0 unspecified atom stereocenters. The van der Waals surface area contributed by atoms with Crippen LogP contribution in [0.25, 0.3) is 0 Å². The van der Waals surface area contributed by atoms with Crippen LogP contribution in [-0.2, 0) is 4.79 Å². The van der Waals surface area contributed by atoms with E-state index in [9.17, 15) is 4.79 Å². The summed E-state index contributed by atoms with van der Waals surface area (Å²) >= 11 is 0. The number of hydrogen-bond acceptors (Lipinski definition) is 1. The van der Waals surface area contributed by atoms with Gasteiger partial charge in [-0.1, -0.05) is 11.5 Å². The summed E-state index contributed by atoms with van der Waals surface area (Å²) in [7, 11) is 0. The predicted octanol–water partition coefficient (Wildman–Crippen LogP) is 1.27. The molecule has 2 heteroatoms. The van der Waals surface area contributed by atoms with Crippen molar-refractivity contribution in [1.29, 1.82) is 0 Å². The first-order chi connectivity index (χ1) is 4.77. The highest BCUT2D eigenvalue weighted by Crippen LogP contribution is 1.63. The Hall–Kier alpha value is -1.67. The van der Waals surface area contributed by atoms with Crippen molar-refractivity contribution >= 4 is 5.97 Å². The van der Waals surface area contributed by atoms with Gasteiger partial charge in [0.25, 0.3) is 0 Å². The fraction of sp³-hybridized carbons (Fsp3) is 0.125. The van der Waals surface area contributed by atoms with Crippen LogP contribution in [0.3, 0.4) is 0 Å². The van der Waals surface area contributed by atoms with Crippen LogP contribution in [0, 0.1) is 0 Å². The lowest BCUT2D eigenvalue weighted by Crippen LogP contribution is -1.82. The van der Waals surface area contributed by atoms with Gasteiger partial charge in [0.15, 0.2) is 0 Å². The summed E-state index contributed by atoms with van der Waals surface area (Å²) in [6.45, 7) is 1.77. The van der Waals surface area contributed by atoms with E-state index in [1.54, 1.807) is 13.0 Å². The number of carbonyl (C=O) groups is 1. The Bertz CT molecular complexity index is 274. The van der Waals surface area contributed by atoms with Gasteiger partial charge in [0.2, 0.25) is 0 Å². The van der Waals surface area contributed by atoms with Crippen molar-refractivity contribution < 1.29 is 9.90 Å². The highest BCUT2D eigenvalue weighted by Gasteiger charge is 1.77. The van der Waals surface area contributed by atoms with Crippen molar-refractivity contribution in [2.45, 2.75) is 6.92 Å². The molecule has 0 aromatic heterocycles. The molecule has 2 nitrogen and oxygen atoms in total. The van der Waals surface area contributed by atoms with Gasteiger partial charge >= 0.3 is 5.97 Å². The average molecular weight is 134 g/mol. The second kappa shape index (κ2) is 5.47. The number of carboxylic acid groups (broad SMARTS) is 1. The molecule has 0 aliphatic heterocycles. The molecule has 0 heterocycles. The minimum atomic E-state index is -1.05. The highest BCUT2D eigenvalue weighted by atomic mass is 16.4. The van der Waals surface area contributed by atoms with Crippen molar-refractivity contribution in [3.8, 4) is 0 Å². The molecule has 0 aliphatic rings. The number of allylic oxidation sites excluding steroid dienone is 1. The van der Waals surface area contributed by atoms with E-state index in [0.29, 0.717) is 0 Å². The zero-order valence-electron chi connectivity index (χ0n) is 5.51. The van der Waals surface area contributed by atoms with E-state index >= 15 is 0 Å². The lowest BCUT2D eigenvalue weighted by Gasteiger charge is -1.65. The molecule has 0 saturated carbocycles. The van der Waals surface area contributed by atoms with Gasteiger partial charge in [0.05, 0.1) is 6.08 Å². The fourth-order valence-corrected chi connectivity index (χ4v) is 0.242. The predicted molar refractivity (Wildman–Crippen MR) is 36.5 cm³/mol. The standard InChI is InChI=1S/C8H6O2/c1-2-3-4-5-6-7-8(9)10/h2,7H,1H3,(H,9,10). The second-order valence-corrected chi connectivity index (χ2v) is 1.31. The van der Waals surface area contributed by atoms with Crippen LogP contribution < -0.4 is 0 Å². The number of aliphatic carboxylic acids is 1. The lowest BCUT2D eigenvalue weighted by atomic mass is 10.6. The molecular weight excluding hydrogens is 128 g/mol. The molecule has 0 amide bonds. The molecule has 50 valence electrons. The van der Waals surface area contributed by atoms with Crippen molar-refractivity contribution in [2.24, 2.45) is 0 Å². The van der Waals surface area contributed by atoms with E-state index in [1.165, 1.54) is 0 Å². The minimum absolute atomic E-state index is 0.852. The topological polar surface area (TPSA) is 37.3 Å². The number of rotatable bonds is 1. The van der Waals surface area contributed by atoms with Gasteiger partial charge in [-0.15, -0.1) is 0 Å². The summed E-state index contributed by atoms with van der Waals surface area (Å²) in [5.41, 5.74) is 9.58. The monoisotopic (exact) mass is 134 g/mol. The van der Waals surface area contributed by atoms with Gasteiger partial charge in [0, 0.05) is 0 Å². The van der Waals surface area contributed by atoms with Crippen LogP contribution in [-0.4, -0.2) is 11.1 Å². The summed E-state index contributed by atoms with van der Waals surface area (Å²) in [4.78, 5) is 9.82. The zero-order valence-corrected chi connectivity index (χ0v) is 5.51. The molecule has 0 atom stereocenters. The minimum Gasteiger partial charge on any atom is -0.478 e. The largest absolute Gasteiger partial charge is 0.478 e. The van der Waals surface area contributed by atoms with Gasteiger partial charge in [0.1, 0.15) is 0 Å². The van der Waals surface area contributed by atoms with E-state index in [-0.39, 0.29) is 0 Å². The Morgan fingerprint density at radius 1 is 1.40 bits per heavy atom. The maximum absolute atomic E-state index is 9.82. The SMILES string of the molecule is CC=C=C=C=C=CC(=O)O. The Labute approximate surface area is 58.8 Å². The summed E-state index contributed by atoms with van der Waals surface area (Å²) in [5.74, 6) is -1.05. The smallest absolute Gasteiger partial charge is 0.336 e. The molecule has 10 heavy (non-hydrogen) atoms. The highest BCUT2D eigenvalue weighted by molar-refractivity contribution is 5.79. The molecule has 0 aromatic rings. The van der Waals surface area contributed by atoms with Gasteiger partial charge in [-0.25, -0.2) is 4.79 Å². The summed E-state index contributed by atoms with van der Waals surface area (Å²) in [6, 6.07) is 0. The van der Waals surface area contributed by atoms with E-state index < -0.39 is 5.97 Å². The molecular formula is C8H6O2. The number of hydrogen-bond donors (Lipinski definition) is 1. The average Bonchev–Trinajstić information content (AvgIpc) is 1.87. The maximum Gasteiger partial charge on any atom is 0.336 e. The van der Waals surface area contributed by atoms with E-state index in [4.69, 9.17) is 5.11 Å². The Balaban J connectivity index is 4.54. The molecule has 0 aromatic carbocycles. The first-order valence-electron chi connectivity index (χ1n) is 2.62. The Morgan fingerprint density at radius 2 is 2.00 bits per heavy atom. The summed E-state index contributed by atoms with van der Waals surface area (Å²) in [6.07, 6.45) is 2.49. The lowest BCUT2D eigenvalue weighted by molar-refractivity contribution is -0.131. The van der Waals surface area contributed by atoms with Crippen LogP contribution >= 0.6 is 0 Å². The molecule has 0 fully saturated rings. The third kappa shape index (κ3) is 6.33. The second-order valence-electron chi connectivity index (χ2n) is 1.31. The summed E-state index contributed by atoms with van der Waals surface area (Å²) < 4.78 is 0. The van der Waals surface area contributed by atoms with Crippen LogP contribution in [0.1, 0.15) is 6.92 Å². The fourth-order valence-electron chi connectivity index (χ4n) is 0.242. The van der Waals surface area contributed by atoms with Crippen LogP contribution in [0.4, 0.5) is 0 Å². The number of carboxylic acids is 1. The van der Waals surface area contributed by atoms with Crippen molar-refractivity contribution in [3.63, 3.8) is 0 Å². The van der Waals surface area contributed by atoms with Crippen molar-refractivity contribution in [3.05, 3.63) is 35.1 Å². The first-order valence-corrected chi connectivity index (χ1v) is 2.62. The molecule has 1 N–H and O–H groups in total. The van der Waals surface area contributed by atoms with Gasteiger partial charge < -0.3 is 5.11 Å². The van der Waals surface area contributed by atoms with Crippen LogP contribution in [0.2, 0.25) is 0 Å². The maximum atomic E-state index is 9.82. The molecule has 0 saturated heterocycles. The zero-order chi connectivity index (χ0) is 7.82. The van der Waals surface area contributed by atoms with Crippen molar-refractivity contribution in [1.82, 2.24) is 0 Å². The Kier molecular flexibility index (Phi) is 4.55. The van der Waals surface area contributed by atoms with Crippen LogP contribution in [0.5, 0.6) is 0 Å². The first kappa shape index (κ1) is 8.33. The quantitative estimate of drug-likeness (QED) is 0.433. The molecule has 0 bridgehead atoms. The molecule has 0 rings (SSSR count). The molecule has 0 spiro atoms. The third-order valence-corrected chi connectivity index (χ3v) is 0.547. The summed E-state index contributed by atoms with van der Waals surface area (Å²) in [5, 5.41) is 8.06. The van der Waals surface area contributed by atoms with Gasteiger partial charge in [-0.05, 0) is 24.5 Å². The van der Waals surface area contributed by atoms with E-state index in [0.717, 1.165) is 6.08 Å². The van der Waals surface area contributed by atoms with Gasteiger partial charge in [-0.2, -0.15) is 0 Å². The van der Waals surface area contributed by atoms with Crippen molar-refractivity contribution in [2.75, 3.05) is 0 Å². The molecule has 0 aliphatic carbocycles. The normalized spacial score (nSPS) is 5.70.